The maximum Gasteiger partial charge on any atom is 0.335 e. The number of anilines is 1. The highest BCUT2D eigenvalue weighted by Crippen LogP contribution is 2.35. The smallest absolute Gasteiger partial charge is 0.335 e. The molecule has 33 heavy (non-hydrogen) atoms. The Kier molecular flexibility index (Phi) is 7.16. The largest absolute Gasteiger partial charge is 0.508 e. The lowest BCUT2D eigenvalue weighted by atomic mass is 10.0. The summed E-state index contributed by atoms with van der Waals surface area (Å²) in [6.45, 7) is 5.94. The summed E-state index contributed by atoms with van der Waals surface area (Å²) >= 11 is 0. The number of hydrogen-bond acceptors (Lipinski definition) is 6. The predicted molar refractivity (Wildman–Crippen MR) is 123 cm³/mol. The minimum atomic E-state index is -0.881. The first-order chi connectivity index (χ1) is 15.9. The van der Waals surface area contributed by atoms with E-state index in [9.17, 15) is 19.5 Å². The van der Waals surface area contributed by atoms with Gasteiger partial charge in [0.1, 0.15) is 17.9 Å². The van der Waals surface area contributed by atoms with E-state index in [-0.39, 0.29) is 23.6 Å². The Morgan fingerprint density at radius 1 is 1.18 bits per heavy atom. The third kappa shape index (κ3) is 5.05. The summed E-state index contributed by atoms with van der Waals surface area (Å²) in [6, 6.07) is 7.93. The molecule has 2 N–H and O–H groups in total. The number of aromatic hydroxyl groups is 1. The molecule has 0 spiro atoms. The van der Waals surface area contributed by atoms with Gasteiger partial charge < -0.3 is 14.6 Å². The normalized spacial score (nSPS) is 14.6. The molecule has 3 rings (SSSR count). The van der Waals surface area contributed by atoms with Crippen LogP contribution in [-0.2, 0) is 16.0 Å². The summed E-state index contributed by atoms with van der Waals surface area (Å²) in [5, 5.41) is 11.6. The third-order valence-electron chi connectivity index (χ3n) is 4.64. The number of ether oxygens (including phenoxy) is 2. The van der Waals surface area contributed by atoms with E-state index in [1.54, 1.807) is 18.2 Å². The standard InChI is InChI=1S/C25H22N2O6/c1-4-7-17-13-16(15-21(32-6-3)22(17)33-12-5-2)14-20-23(29)26-25(31)27(24(20)30)18-8-10-19(28)11-9-18/h2,4,8-11,13-15,28H,1,6-7,12H2,3H3,(H,26,29,31)/b20-14+. The molecule has 8 nitrogen and oxygen atoms in total. The summed E-state index contributed by atoms with van der Waals surface area (Å²) in [5.41, 5.74) is 1.15. The Morgan fingerprint density at radius 2 is 1.91 bits per heavy atom. The van der Waals surface area contributed by atoms with Crippen molar-refractivity contribution < 1.29 is 29.0 Å². The quantitative estimate of drug-likeness (QED) is 0.279. The number of urea groups is 1. The number of carbonyl (C=O) groups excluding carboxylic acids is 3. The van der Waals surface area contributed by atoms with Crippen molar-refractivity contribution in [2.24, 2.45) is 0 Å². The molecule has 1 saturated heterocycles. The highest BCUT2D eigenvalue weighted by molar-refractivity contribution is 6.39. The van der Waals surface area contributed by atoms with Crippen LogP contribution in [0, 0.1) is 12.3 Å². The highest BCUT2D eigenvalue weighted by Gasteiger charge is 2.36. The van der Waals surface area contributed by atoms with Crippen molar-refractivity contribution in [2.75, 3.05) is 18.1 Å². The second-order valence-corrected chi connectivity index (χ2v) is 6.90. The van der Waals surface area contributed by atoms with Crippen LogP contribution in [0.1, 0.15) is 18.1 Å². The Hall–Kier alpha value is -4.51. The van der Waals surface area contributed by atoms with Gasteiger partial charge >= 0.3 is 6.03 Å². The Morgan fingerprint density at radius 3 is 2.55 bits per heavy atom. The minimum absolute atomic E-state index is 0.0270. The topological polar surface area (TPSA) is 105 Å². The first kappa shape index (κ1) is 23.2. The van der Waals surface area contributed by atoms with Gasteiger partial charge in [0.15, 0.2) is 11.5 Å². The second-order valence-electron chi connectivity index (χ2n) is 6.90. The number of nitrogens with zero attached hydrogens (tertiary/aromatic N) is 1. The number of phenolic OH excluding ortho intramolecular Hbond substituents is 1. The van der Waals surface area contributed by atoms with Gasteiger partial charge in [0.2, 0.25) is 0 Å². The van der Waals surface area contributed by atoms with E-state index in [0.29, 0.717) is 35.7 Å². The van der Waals surface area contributed by atoms with Crippen molar-refractivity contribution in [1.29, 1.82) is 0 Å². The summed E-state index contributed by atoms with van der Waals surface area (Å²) < 4.78 is 11.4. The van der Waals surface area contributed by atoms with E-state index < -0.39 is 17.8 Å². The lowest BCUT2D eigenvalue weighted by Crippen LogP contribution is -2.54. The number of phenols is 1. The Balaban J connectivity index is 2.07. The van der Waals surface area contributed by atoms with E-state index in [0.717, 1.165) is 4.90 Å². The van der Waals surface area contributed by atoms with E-state index >= 15 is 0 Å². The molecule has 8 heteroatoms. The number of imide groups is 2. The van der Waals surface area contributed by atoms with Crippen molar-refractivity contribution in [2.45, 2.75) is 13.3 Å². The summed E-state index contributed by atoms with van der Waals surface area (Å²) in [5.74, 6) is 1.61. The number of barbiturate groups is 1. The van der Waals surface area contributed by atoms with Crippen molar-refractivity contribution in [3.8, 4) is 29.6 Å². The fourth-order valence-electron chi connectivity index (χ4n) is 3.27. The van der Waals surface area contributed by atoms with Gasteiger partial charge in [-0.25, -0.2) is 9.69 Å². The van der Waals surface area contributed by atoms with E-state index in [4.69, 9.17) is 15.9 Å². The number of rotatable bonds is 8. The fourth-order valence-corrected chi connectivity index (χ4v) is 3.27. The second kappa shape index (κ2) is 10.2. The number of hydrogen-bond donors (Lipinski definition) is 2. The zero-order valence-electron chi connectivity index (χ0n) is 18.0. The number of nitrogens with one attached hydrogen (secondary N) is 1. The van der Waals surface area contributed by atoms with Gasteiger partial charge in [0.05, 0.1) is 12.3 Å². The molecule has 0 aliphatic carbocycles. The maximum atomic E-state index is 13.1. The third-order valence-corrected chi connectivity index (χ3v) is 4.64. The van der Waals surface area contributed by atoms with Crippen molar-refractivity contribution in [3.05, 3.63) is 65.8 Å². The molecule has 168 valence electrons. The first-order valence-corrected chi connectivity index (χ1v) is 10.1. The average molecular weight is 446 g/mol. The predicted octanol–water partition coefficient (Wildman–Crippen LogP) is 3.20. The molecule has 1 aliphatic rings. The molecule has 0 bridgehead atoms. The zero-order chi connectivity index (χ0) is 24.0. The average Bonchev–Trinajstić information content (AvgIpc) is 2.78. The molecule has 0 unspecified atom stereocenters. The van der Waals surface area contributed by atoms with Crippen LogP contribution in [-0.4, -0.2) is 36.2 Å². The maximum absolute atomic E-state index is 13.1. The van der Waals surface area contributed by atoms with Crippen LogP contribution >= 0.6 is 0 Å². The van der Waals surface area contributed by atoms with Crippen LogP contribution in [0.15, 0.2) is 54.6 Å². The van der Waals surface area contributed by atoms with E-state index in [2.05, 4.69) is 17.8 Å². The molecule has 0 radical (unpaired) electrons. The van der Waals surface area contributed by atoms with Crippen LogP contribution in [0.25, 0.3) is 6.08 Å². The van der Waals surface area contributed by atoms with Crippen LogP contribution in [0.4, 0.5) is 10.5 Å². The van der Waals surface area contributed by atoms with Gasteiger partial charge in [0.25, 0.3) is 11.8 Å². The molecule has 4 amide bonds. The van der Waals surface area contributed by atoms with Gasteiger partial charge in [-0.1, -0.05) is 12.0 Å². The number of carbonyl (C=O) groups is 3. The molecule has 0 saturated carbocycles. The summed E-state index contributed by atoms with van der Waals surface area (Å²) in [7, 11) is 0. The lowest BCUT2D eigenvalue weighted by molar-refractivity contribution is -0.122. The van der Waals surface area contributed by atoms with Gasteiger partial charge in [-0.05, 0) is 61.4 Å². The first-order valence-electron chi connectivity index (χ1n) is 10.1. The van der Waals surface area contributed by atoms with Crippen LogP contribution < -0.4 is 19.7 Å². The Bertz CT molecular complexity index is 1170. The fraction of sp³-hybridized carbons (Fsp3) is 0.160. The molecule has 1 aliphatic heterocycles. The van der Waals surface area contributed by atoms with Crippen molar-refractivity contribution in [3.63, 3.8) is 0 Å². The minimum Gasteiger partial charge on any atom is -0.508 e. The van der Waals surface area contributed by atoms with E-state index in [1.807, 2.05) is 6.92 Å². The molecule has 2 aromatic carbocycles. The number of allylic oxidation sites excluding steroid dienone is 1. The molecule has 2 aromatic rings. The Labute approximate surface area is 191 Å². The zero-order valence-corrected chi connectivity index (χ0v) is 18.0. The summed E-state index contributed by atoms with van der Waals surface area (Å²) in [6.07, 6.45) is 8.79. The van der Waals surface area contributed by atoms with Gasteiger partial charge in [0, 0.05) is 5.56 Å². The molecule has 1 fully saturated rings. The molecule has 0 atom stereocenters. The van der Waals surface area contributed by atoms with Crippen molar-refractivity contribution >= 4 is 29.6 Å². The molecular formula is C25H22N2O6. The van der Waals surface area contributed by atoms with Crippen LogP contribution in [0.3, 0.4) is 0 Å². The van der Waals surface area contributed by atoms with Gasteiger partial charge in [-0.2, -0.15) is 0 Å². The lowest BCUT2D eigenvalue weighted by Gasteiger charge is -2.26. The number of terminal acetylenes is 1. The number of benzene rings is 2. The highest BCUT2D eigenvalue weighted by atomic mass is 16.5. The molecule has 1 heterocycles. The number of amides is 4. The van der Waals surface area contributed by atoms with Crippen LogP contribution in [0.5, 0.6) is 17.2 Å². The SMILES string of the molecule is C#CCOc1c(CC=C)cc(/C=C2\C(=O)NC(=O)N(c3ccc(O)cc3)C2=O)cc1OCC. The molecule has 0 aromatic heterocycles. The van der Waals surface area contributed by atoms with Gasteiger partial charge in [-0.15, -0.1) is 13.0 Å². The van der Waals surface area contributed by atoms with E-state index in [1.165, 1.54) is 30.3 Å². The monoisotopic (exact) mass is 446 g/mol. The van der Waals surface area contributed by atoms with Crippen LogP contribution in [0.2, 0.25) is 0 Å². The van der Waals surface area contributed by atoms with Crippen molar-refractivity contribution in [1.82, 2.24) is 5.32 Å². The van der Waals surface area contributed by atoms with Gasteiger partial charge in [-0.3, -0.25) is 14.9 Å². The molecular weight excluding hydrogens is 424 g/mol. The summed E-state index contributed by atoms with van der Waals surface area (Å²) in [4.78, 5) is 38.7.